The first kappa shape index (κ1) is 25.3. The van der Waals surface area contributed by atoms with Crippen LogP contribution in [0, 0.1) is 0 Å². The van der Waals surface area contributed by atoms with E-state index in [1.165, 1.54) is 23.6 Å². The number of nitrogens with zero attached hydrogens (tertiary/aromatic N) is 3. The number of phosphoric ester groups is 1. The number of rotatable bonds is 8. The van der Waals surface area contributed by atoms with Gasteiger partial charge in [-0.05, 0) is 19.1 Å². The Morgan fingerprint density at radius 3 is 2.47 bits per heavy atom. The zero-order chi connectivity index (χ0) is 24.1. The topological polar surface area (TPSA) is 266 Å². The Labute approximate surface area is 178 Å². The average Bonchev–Trinajstić information content (AvgIpc) is 3.11. The molecule has 1 aliphatic heterocycles. The molecule has 3 rings (SSSR count). The third kappa shape index (κ3) is 5.43. The molecule has 17 nitrogen and oxygen atoms in total. The van der Waals surface area contributed by atoms with E-state index in [2.05, 4.69) is 23.2 Å². The Morgan fingerprint density at radius 1 is 1.19 bits per heavy atom. The lowest BCUT2D eigenvalue weighted by Crippen LogP contribution is -2.43. The van der Waals surface area contributed by atoms with Crippen molar-refractivity contribution in [1.82, 2.24) is 14.6 Å². The summed E-state index contributed by atoms with van der Waals surface area (Å²) >= 11 is 0. The van der Waals surface area contributed by atoms with E-state index in [9.17, 15) is 28.8 Å². The lowest BCUT2D eigenvalue weighted by molar-refractivity contribution is -0.0664. The van der Waals surface area contributed by atoms with Crippen molar-refractivity contribution in [2.45, 2.75) is 30.8 Å². The van der Waals surface area contributed by atoms with E-state index in [0.717, 1.165) is 6.33 Å². The van der Waals surface area contributed by atoms with E-state index in [1.807, 2.05) is 0 Å². The smallest absolute Gasteiger partial charge is 0.387 e. The number of ether oxygens (including phenoxy) is 1. The molecule has 0 radical (unpaired) electrons. The predicted octanol–water partition coefficient (Wildman–Crippen LogP) is -0.793. The molecule has 1 aliphatic rings. The Morgan fingerprint density at radius 2 is 1.84 bits per heavy atom. The molecule has 0 aliphatic carbocycles. The van der Waals surface area contributed by atoms with Gasteiger partial charge in [0, 0.05) is 0 Å². The molecule has 0 aromatic carbocycles. The minimum atomic E-state index is -5.70. The van der Waals surface area contributed by atoms with Gasteiger partial charge in [-0.2, -0.15) is 13.7 Å². The van der Waals surface area contributed by atoms with Crippen LogP contribution >= 0.6 is 23.5 Å². The summed E-state index contributed by atoms with van der Waals surface area (Å²) in [5, 5.41) is 25.2. The minimum Gasteiger partial charge on any atom is -0.387 e. The van der Waals surface area contributed by atoms with Crippen molar-refractivity contribution in [3.8, 4) is 0 Å². The molecule has 180 valence electrons. The fourth-order valence-electron chi connectivity index (χ4n) is 3.06. The van der Waals surface area contributed by atoms with Gasteiger partial charge in [0.15, 0.2) is 5.82 Å². The van der Waals surface area contributed by atoms with Crippen LogP contribution in [-0.4, -0.2) is 68.8 Å². The molecular weight excluding hydrogens is 501 g/mol. The summed E-state index contributed by atoms with van der Waals surface area (Å²) in [5.74, 6) is 0.133. The number of aliphatic hydroxyl groups excluding tert-OH is 1. The average molecular weight is 520 g/mol. The summed E-state index contributed by atoms with van der Waals surface area (Å²) in [6, 6.07) is 3.03. The molecule has 3 heterocycles. The van der Waals surface area contributed by atoms with Crippen molar-refractivity contribution in [2.24, 2.45) is 0 Å². The zero-order valence-corrected chi connectivity index (χ0v) is 18.7. The van der Waals surface area contributed by atoms with Gasteiger partial charge >= 0.3 is 23.5 Å². The van der Waals surface area contributed by atoms with Crippen molar-refractivity contribution in [1.29, 1.82) is 0 Å². The summed E-state index contributed by atoms with van der Waals surface area (Å²) in [6.45, 7) is 0.273. The second-order valence-electron chi connectivity index (χ2n) is 6.81. The molecule has 20 heteroatoms. The minimum absolute atomic E-state index is 0.133. The molecule has 0 amide bonds. The van der Waals surface area contributed by atoms with E-state index < -0.39 is 54.0 Å². The second kappa shape index (κ2) is 8.49. The van der Waals surface area contributed by atoms with Gasteiger partial charge in [0.1, 0.15) is 35.8 Å². The van der Waals surface area contributed by atoms with E-state index in [1.54, 1.807) is 0 Å². The lowest BCUT2D eigenvalue weighted by atomic mass is 9.91. The van der Waals surface area contributed by atoms with Gasteiger partial charge in [-0.15, -0.1) is 0 Å². The van der Waals surface area contributed by atoms with Gasteiger partial charge in [0.25, 0.3) is 0 Å². The van der Waals surface area contributed by atoms with E-state index in [4.69, 9.17) is 25.2 Å². The van der Waals surface area contributed by atoms with Crippen molar-refractivity contribution in [2.75, 3.05) is 12.3 Å². The number of nitrogens with two attached hydrogens (primary N) is 1. The lowest BCUT2D eigenvalue weighted by Gasteiger charge is -2.26. The standard InChI is InChI=1S/C12H19N4O13P3/c1-12(18)9(17)8(4-26-31(22,23)29-32(24,25)28-30(19,20)21)27-10(12)6-2-3-7-11(13)14-5-15-16(6)7/h2-3,5,8-10,17-18H,4H2,1H3,(H,22,23)(H,24,25)(H2,13,14,15)(H2,19,20,21)/t8-,9-,10?,12-/m1/s1. The number of phosphoric acid groups is 3. The Hall–Kier alpha value is -1.29. The van der Waals surface area contributed by atoms with Gasteiger partial charge in [0.05, 0.1) is 12.3 Å². The summed E-state index contributed by atoms with van der Waals surface area (Å²) in [5.41, 5.74) is 4.43. The van der Waals surface area contributed by atoms with Crippen LogP contribution in [0.4, 0.5) is 5.82 Å². The zero-order valence-electron chi connectivity index (χ0n) is 16.0. The molecule has 1 fully saturated rings. The fourth-order valence-corrected chi connectivity index (χ4v) is 6.09. The van der Waals surface area contributed by atoms with Gasteiger partial charge in [-0.3, -0.25) is 4.52 Å². The number of aromatic nitrogens is 3. The summed E-state index contributed by atoms with van der Waals surface area (Å²) in [7, 11) is -16.7. The van der Waals surface area contributed by atoms with Crippen LogP contribution < -0.4 is 5.73 Å². The summed E-state index contributed by atoms with van der Waals surface area (Å²) < 4.78 is 52.4. The van der Waals surface area contributed by atoms with Crippen molar-refractivity contribution >= 4 is 34.8 Å². The number of hydrogen-bond donors (Lipinski definition) is 7. The maximum absolute atomic E-state index is 11.9. The van der Waals surface area contributed by atoms with Crippen LogP contribution in [-0.2, 0) is 31.6 Å². The normalized spacial score (nSPS) is 30.3. The molecule has 3 unspecified atom stereocenters. The van der Waals surface area contributed by atoms with Gasteiger partial charge in [-0.25, -0.2) is 23.2 Å². The Balaban J connectivity index is 1.74. The molecule has 2 aromatic heterocycles. The van der Waals surface area contributed by atoms with Crippen LogP contribution in [0.25, 0.3) is 5.52 Å². The third-order valence-electron chi connectivity index (χ3n) is 4.39. The first-order valence-electron chi connectivity index (χ1n) is 8.45. The quantitative estimate of drug-likeness (QED) is 0.210. The largest absolute Gasteiger partial charge is 0.490 e. The van der Waals surface area contributed by atoms with Crippen LogP contribution in [0.2, 0.25) is 0 Å². The highest BCUT2D eigenvalue weighted by Gasteiger charge is 2.54. The van der Waals surface area contributed by atoms with Crippen molar-refractivity contribution < 1.29 is 61.4 Å². The first-order valence-corrected chi connectivity index (χ1v) is 13.0. The van der Waals surface area contributed by atoms with Crippen molar-refractivity contribution in [3.63, 3.8) is 0 Å². The van der Waals surface area contributed by atoms with Crippen molar-refractivity contribution in [3.05, 3.63) is 24.2 Å². The molecular formula is C12H19N4O13P3. The molecule has 2 aromatic rings. The number of anilines is 1. The first-order chi connectivity index (χ1) is 14.5. The number of hydrogen-bond acceptors (Lipinski definition) is 12. The summed E-state index contributed by atoms with van der Waals surface area (Å²) in [4.78, 5) is 39.6. The van der Waals surface area contributed by atoms with E-state index in [-0.39, 0.29) is 11.5 Å². The SMILES string of the molecule is C[C@]1(O)C(c2ccc3c(N)ncnn23)O[C@H](COP(=O)(O)OP(=O)(O)OP(=O)(O)O)[C@H]1O. The van der Waals surface area contributed by atoms with Crippen LogP contribution in [0.15, 0.2) is 18.5 Å². The maximum Gasteiger partial charge on any atom is 0.490 e. The second-order valence-corrected chi connectivity index (χ2v) is 11.2. The molecule has 0 bridgehead atoms. The highest BCUT2D eigenvalue weighted by Crippen LogP contribution is 2.66. The number of fused-ring (bicyclic) bond motifs is 1. The molecule has 1 saturated heterocycles. The van der Waals surface area contributed by atoms with E-state index in [0.29, 0.717) is 5.52 Å². The number of aliphatic hydroxyl groups is 2. The molecule has 0 spiro atoms. The van der Waals surface area contributed by atoms with Gasteiger partial charge < -0.3 is 40.3 Å². The maximum atomic E-state index is 11.9. The summed E-state index contributed by atoms with van der Waals surface area (Å²) in [6.07, 6.45) is -3.23. The molecule has 0 saturated carbocycles. The fraction of sp³-hybridized carbons (Fsp3) is 0.500. The third-order valence-corrected chi connectivity index (χ3v) is 8.19. The van der Waals surface area contributed by atoms with E-state index >= 15 is 0 Å². The Kier molecular flexibility index (Phi) is 6.72. The number of nitrogen functional groups attached to an aromatic ring is 1. The Bertz CT molecular complexity index is 1150. The highest BCUT2D eigenvalue weighted by molar-refractivity contribution is 7.66. The molecule has 32 heavy (non-hydrogen) atoms. The predicted molar refractivity (Wildman–Crippen MR) is 101 cm³/mol. The van der Waals surface area contributed by atoms with Crippen LogP contribution in [0.1, 0.15) is 18.7 Å². The monoisotopic (exact) mass is 520 g/mol. The van der Waals surface area contributed by atoms with Crippen LogP contribution in [0.5, 0.6) is 0 Å². The van der Waals surface area contributed by atoms with Gasteiger partial charge in [0.2, 0.25) is 0 Å². The van der Waals surface area contributed by atoms with Gasteiger partial charge in [-0.1, -0.05) is 0 Å². The molecule has 8 N–H and O–H groups in total. The highest BCUT2D eigenvalue weighted by atomic mass is 31.3. The van der Waals surface area contributed by atoms with Crippen LogP contribution in [0.3, 0.4) is 0 Å². The molecule has 6 atom stereocenters.